The number of methoxy groups -OCH3 is 1. The SMILES string of the molecule is COc1ccc(C(C)NC(=O)c2cccc([N+](=O)[O-])c2C)cc1. The van der Waals surface area contributed by atoms with Gasteiger partial charge in [-0.15, -0.1) is 0 Å². The molecule has 0 aliphatic rings. The minimum absolute atomic E-state index is 0.0604. The Morgan fingerprint density at radius 1 is 1.22 bits per heavy atom. The highest BCUT2D eigenvalue weighted by atomic mass is 16.6. The van der Waals surface area contributed by atoms with Crippen LogP contribution in [-0.4, -0.2) is 17.9 Å². The van der Waals surface area contributed by atoms with Crippen molar-refractivity contribution >= 4 is 11.6 Å². The normalized spacial score (nSPS) is 11.6. The third kappa shape index (κ3) is 3.66. The summed E-state index contributed by atoms with van der Waals surface area (Å²) in [5.41, 5.74) is 1.52. The number of hydrogen-bond donors (Lipinski definition) is 1. The van der Waals surface area contributed by atoms with Crippen molar-refractivity contribution in [3.05, 3.63) is 69.3 Å². The van der Waals surface area contributed by atoms with Crippen molar-refractivity contribution in [3.63, 3.8) is 0 Å². The molecule has 0 saturated carbocycles. The van der Waals surface area contributed by atoms with E-state index >= 15 is 0 Å². The summed E-state index contributed by atoms with van der Waals surface area (Å²) >= 11 is 0. The van der Waals surface area contributed by atoms with Crippen molar-refractivity contribution in [2.45, 2.75) is 19.9 Å². The quantitative estimate of drug-likeness (QED) is 0.677. The largest absolute Gasteiger partial charge is 0.497 e. The van der Waals surface area contributed by atoms with Gasteiger partial charge in [-0.3, -0.25) is 14.9 Å². The lowest BCUT2D eigenvalue weighted by molar-refractivity contribution is -0.385. The van der Waals surface area contributed by atoms with Crippen LogP contribution in [-0.2, 0) is 0 Å². The number of nitro benzene ring substituents is 1. The second-order valence-corrected chi connectivity index (χ2v) is 5.18. The van der Waals surface area contributed by atoms with E-state index in [0.29, 0.717) is 11.1 Å². The smallest absolute Gasteiger partial charge is 0.273 e. The number of nitro groups is 1. The summed E-state index contributed by atoms with van der Waals surface area (Å²) in [6.07, 6.45) is 0. The van der Waals surface area contributed by atoms with Crippen LogP contribution in [0.25, 0.3) is 0 Å². The Morgan fingerprint density at radius 2 is 1.87 bits per heavy atom. The maximum Gasteiger partial charge on any atom is 0.273 e. The molecule has 0 heterocycles. The van der Waals surface area contributed by atoms with Crippen LogP contribution >= 0.6 is 0 Å². The van der Waals surface area contributed by atoms with Crippen LogP contribution in [0, 0.1) is 17.0 Å². The number of nitrogens with one attached hydrogen (secondary N) is 1. The van der Waals surface area contributed by atoms with Gasteiger partial charge in [0.1, 0.15) is 5.75 Å². The molecule has 0 aliphatic heterocycles. The first-order chi connectivity index (χ1) is 10.9. The van der Waals surface area contributed by atoms with Crippen LogP contribution in [0.15, 0.2) is 42.5 Å². The molecule has 0 aromatic heterocycles. The van der Waals surface area contributed by atoms with E-state index in [1.54, 1.807) is 20.1 Å². The Balaban J connectivity index is 2.18. The van der Waals surface area contributed by atoms with E-state index in [4.69, 9.17) is 4.74 Å². The van der Waals surface area contributed by atoms with Crippen molar-refractivity contribution < 1.29 is 14.5 Å². The van der Waals surface area contributed by atoms with Gasteiger partial charge < -0.3 is 10.1 Å². The van der Waals surface area contributed by atoms with Gasteiger partial charge in [0.05, 0.1) is 18.1 Å². The van der Waals surface area contributed by atoms with E-state index in [0.717, 1.165) is 11.3 Å². The summed E-state index contributed by atoms with van der Waals surface area (Å²) in [5, 5.41) is 13.8. The molecule has 2 aromatic rings. The number of nitrogens with zero attached hydrogens (tertiary/aromatic N) is 1. The molecule has 6 heteroatoms. The lowest BCUT2D eigenvalue weighted by Crippen LogP contribution is -2.27. The minimum Gasteiger partial charge on any atom is -0.497 e. The van der Waals surface area contributed by atoms with Crippen LogP contribution in [0.4, 0.5) is 5.69 Å². The summed E-state index contributed by atoms with van der Waals surface area (Å²) in [7, 11) is 1.59. The molecule has 0 aliphatic carbocycles. The number of amides is 1. The van der Waals surface area contributed by atoms with E-state index in [-0.39, 0.29) is 17.6 Å². The average Bonchev–Trinajstić information content (AvgIpc) is 2.54. The van der Waals surface area contributed by atoms with Crippen molar-refractivity contribution in [1.82, 2.24) is 5.32 Å². The number of carbonyl (C=O) groups is 1. The van der Waals surface area contributed by atoms with Gasteiger partial charge in [-0.05, 0) is 37.6 Å². The maximum atomic E-state index is 12.4. The zero-order valence-corrected chi connectivity index (χ0v) is 13.2. The van der Waals surface area contributed by atoms with Gasteiger partial charge in [0.25, 0.3) is 11.6 Å². The van der Waals surface area contributed by atoms with E-state index in [1.807, 2.05) is 31.2 Å². The van der Waals surface area contributed by atoms with E-state index in [2.05, 4.69) is 5.32 Å². The molecule has 23 heavy (non-hydrogen) atoms. The van der Waals surface area contributed by atoms with Gasteiger partial charge >= 0.3 is 0 Å². The fourth-order valence-electron chi connectivity index (χ4n) is 2.32. The van der Waals surface area contributed by atoms with Gasteiger partial charge in [0.15, 0.2) is 0 Å². The Hall–Kier alpha value is -2.89. The fourth-order valence-corrected chi connectivity index (χ4v) is 2.32. The minimum atomic E-state index is -0.487. The van der Waals surface area contributed by atoms with E-state index in [9.17, 15) is 14.9 Å². The lowest BCUT2D eigenvalue weighted by Gasteiger charge is -2.15. The molecule has 2 rings (SSSR count). The Morgan fingerprint density at radius 3 is 2.43 bits per heavy atom. The van der Waals surface area contributed by atoms with Gasteiger partial charge in [0, 0.05) is 17.2 Å². The lowest BCUT2D eigenvalue weighted by atomic mass is 10.0. The monoisotopic (exact) mass is 314 g/mol. The molecular weight excluding hydrogens is 296 g/mol. The molecule has 1 amide bonds. The average molecular weight is 314 g/mol. The molecule has 0 saturated heterocycles. The second kappa shape index (κ2) is 6.91. The molecule has 1 unspecified atom stereocenters. The van der Waals surface area contributed by atoms with E-state index < -0.39 is 4.92 Å². The zero-order valence-electron chi connectivity index (χ0n) is 13.2. The summed E-state index contributed by atoms with van der Waals surface area (Å²) in [6, 6.07) is 11.6. The summed E-state index contributed by atoms with van der Waals surface area (Å²) in [4.78, 5) is 22.9. The molecule has 2 aromatic carbocycles. The molecule has 0 bridgehead atoms. The molecule has 1 N–H and O–H groups in total. The van der Waals surface area contributed by atoms with Gasteiger partial charge in [-0.2, -0.15) is 0 Å². The second-order valence-electron chi connectivity index (χ2n) is 5.18. The fraction of sp³-hybridized carbons (Fsp3) is 0.235. The summed E-state index contributed by atoms with van der Waals surface area (Å²) < 4.78 is 5.10. The van der Waals surface area contributed by atoms with Crippen LogP contribution in [0.5, 0.6) is 5.75 Å². The maximum absolute atomic E-state index is 12.4. The van der Waals surface area contributed by atoms with Gasteiger partial charge in [-0.1, -0.05) is 18.2 Å². The van der Waals surface area contributed by atoms with Crippen molar-refractivity contribution in [2.75, 3.05) is 7.11 Å². The summed E-state index contributed by atoms with van der Waals surface area (Å²) in [6.45, 7) is 3.43. The first-order valence-electron chi connectivity index (χ1n) is 7.13. The molecule has 0 radical (unpaired) electrons. The molecule has 120 valence electrons. The zero-order chi connectivity index (χ0) is 17.0. The predicted octanol–water partition coefficient (Wildman–Crippen LogP) is 3.40. The topological polar surface area (TPSA) is 81.5 Å². The van der Waals surface area contributed by atoms with E-state index in [1.165, 1.54) is 12.1 Å². The van der Waals surface area contributed by atoms with Gasteiger partial charge in [-0.25, -0.2) is 0 Å². The first-order valence-corrected chi connectivity index (χ1v) is 7.13. The third-order valence-corrected chi connectivity index (χ3v) is 3.71. The third-order valence-electron chi connectivity index (χ3n) is 3.71. The van der Waals surface area contributed by atoms with Crippen molar-refractivity contribution in [2.24, 2.45) is 0 Å². The number of carbonyl (C=O) groups excluding carboxylic acids is 1. The van der Waals surface area contributed by atoms with Crippen LogP contribution in [0.1, 0.15) is 34.5 Å². The number of benzene rings is 2. The van der Waals surface area contributed by atoms with Crippen molar-refractivity contribution in [1.29, 1.82) is 0 Å². The molecule has 6 nitrogen and oxygen atoms in total. The molecule has 1 atom stereocenters. The highest BCUT2D eigenvalue weighted by molar-refractivity contribution is 5.96. The van der Waals surface area contributed by atoms with Gasteiger partial charge in [0.2, 0.25) is 0 Å². The summed E-state index contributed by atoms with van der Waals surface area (Å²) in [5.74, 6) is 0.399. The number of rotatable bonds is 5. The highest BCUT2D eigenvalue weighted by Crippen LogP contribution is 2.22. The number of hydrogen-bond acceptors (Lipinski definition) is 4. The highest BCUT2D eigenvalue weighted by Gasteiger charge is 2.19. The predicted molar refractivity (Wildman–Crippen MR) is 86.7 cm³/mol. The Bertz CT molecular complexity index is 726. The molecular formula is C17H18N2O4. The Kier molecular flexibility index (Phi) is 4.95. The Labute approximate surface area is 134 Å². The van der Waals surface area contributed by atoms with Crippen LogP contribution in [0.3, 0.4) is 0 Å². The van der Waals surface area contributed by atoms with Crippen LogP contribution in [0.2, 0.25) is 0 Å². The molecule has 0 spiro atoms. The van der Waals surface area contributed by atoms with Crippen LogP contribution < -0.4 is 10.1 Å². The first kappa shape index (κ1) is 16.5. The standard InChI is InChI=1S/C17H18N2O4/c1-11-15(5-4-6-16(11)19(21)22)17(20)18-12(2)13-7-9-14(23-3)10-8-13/h4-10,12H,1-3H3,(H,18,20). The van der Waals surface area contributed by atoms with Crippen molar-refractivity contribution in [3.8, 4) is 5.75 Å². The molecule has 0 fully saturated rings. The number of ether oxygens (including phenoxy) is 1.